The molecule has 0 aliphatic heterocycles. The number of rotatable bonds is 8. The predicted octanol–water partition coefficient (Wildman–Crippen LogP) is 20.6. The molecule has 0 unspecified atom stereocenters. The molecule has 32 rings (SSSR count). The van der Waals surface area contributed by atoms with E-state index in [0.717, 1.165) is 12.1 Å². The summed E-state index contributed by atoms with van der Waals surface area (Å²) in [5.74, 6) is 0. The second-order valence-corrected chi connectivity index (χ2v) is 38.0. The van der Waals surface area contributed by atoms with E-state index >= 15 is 0 Å². The molecule has 2 atom stereocenters. The molecule has 4 aliphatic rings. The van der Waals surface area contributed by atoms with Crippen molar-refractivity contribution in [2.75, 3.05) is 0 Å². The lowest BCUT2D eigenvalue weighted by molar-refractivity contribution is 0.213. The molecule has 0 spiro atoms. The number of benzene rings is 17. The van der Waals surface area contributed by atoms with Crippen molar-refractivity contribution >= 4 is 307 Å². The summed E-state index contributed by atoms with van der Waals surface area (Å²) in [4.78, 5) is 0. The van der Waals surface area contributed by atoms with E-state index in [1.165, 1.54) is 0 Å². The molecule has 0 N–H and O–H groups in total. The van der Waals surface area contributed by atoms with Crippen molar-refractivity contribution in [3.8, 4) is 0 Å². The van der Waals surface area contributed by atoms with Gasteiger partial charge in [0, 0.05) is 23.0 Å². The molecule has 0 saturated carbocycles. The van der Waals surface area contributed by atoms with E-state index in [0.29, 0.717) is 0 Å². The van der Waals surface area contributed by atoms with E-state index in [1.807, 2.05) is 0 Å². The largest absolute Gasteiger partial charge is 0.415 e. The van der Waals surface area contributed by atoms with Gasteiger partial charge in [-0.25, -0.2) is 0 Å². The molecule has 4 aliphatic carbocycles. The Hall–Kier alpha value is -7.19. The molecule has 0 amide bonds. The summed E-state index contributed by atoms with van der Waals surface area (Å²) in [5.41, 5.74) is 6.39. The first-order chi connectivity index (χ1) is 37.0. The van der Waals surface area contributed by atoms with Crippen LogP contribution in [-0.4, -0.2) is 28.8 Å². The highest BCUT2D eigenvalue weighted by Gasteiger charge is 2.72. The van der Waals surface area contributed by atoms with Gasteiger partial charge in [-0.15, -0.1) is 0 Å². The zero-order valence-corrected chi connectivity index (χ0v) is 44.4. The Kier molecular flexibility index (Phi) is 3.20. The number of hydrogen-bond donors (Lipinski definition) is 0. The summed E-state index contributed by atoms with van der Waals surface area (Å²) in [7, 11) is -5.05. The van der Waals surface area contributed by atoms with Crippen LogP contribution < -0.4 is 0 Å². The molecule has 28 aromatic rings. The summed E-state index contributed by atoms with van der Waals surface area (Å²) >= 11 is 0. The van der Waals surface area contributed by atoms with Crippen LogP contribution in [0.5, 0.6) is 0 Å². The lowest BCUT2D eigenvalue weighted by Crippen LogP contribution is -2.58. The minimum Gasteiger partial charge on any atom is -0.415 e. The normalized spacial score (nSPS) is 21.7. The zero-order valence-electron chi connectivity index (χ0n) is 42.4. The smallest absolute Gasteiger partial charge is 0.188 e. The first-order valence-corrected chi connectivity index (χ1v) is 35.3. The Morgan fingerprint density at radius 3 is 0.500 bits per heavy atom. The lowest BCUT2D eigenvalue weighted by atomic mass is 9.51. The van der Waals surface area contributed by atoms with E-state index in [2.05, 4.69) is 53.9 Å². The van der Waals surface area contributed by atoms with Gasteiger partial charge < -0.3 is 8.85 Å². The highest BCUT2D eigenvalue weighted by Crippen LogP contribution is 2.86. The third-order valence-electron chi connectivity index (χ3n) is 26.2. The summed E-state index contributed by atoms with van der Waals surface area (Å²) in [6.07, 6.45) is 0.329. The van der Waals surface area contributed by atoms with E-state index in [-0.39, 0.29) is 23.0 Å². The van der Waals surface area contributed by atoms with Gasteiger partial charge in [0.1, 0.15) is 0 Å². The third kappa shape index (κ3) is 1.92. The van der Waals surface area contributed by atoms with Crippen molar-refractivity contribution in [2.24, 2.45) is 0 Å². The highest BCUT2D eigenvalue weighted by molar-refractivity contribution is 6.83. The van der Waals surface area contributed by atoms with Gasteiger partial charge in [0.2, 0.25) is 0 Å². The minimum absolute atomic E-state index is 0.164. The van der Waals surface area contributed by atoms with Crippen LogP contribution in [0.4, 0.5) is 0 Å². The Morgan fingerprint density at radius 2 is 0.329 bits per heavy atom. The van der Waals surface area contributed by atoms with E-state index in [1.54, 1.807) is 313 Å². The first kappa shape index (κ1) is 32.4. The molecule has 0 fully saturated rings. The van der Waals surface area contributed by atoms with Gasteiger partial charge in [0.15, 0.2) is 16.6 Å². The van der Waals surface area contributed by atoms with Crippen LogP contribution in [-0.2, 0) is 19.7 Å². The minimum atomic E-state index is -2.53. The molecule has 0 saturated heterocycles. The van der Waals surface area contributed by atoms with Gasteiger partial charge in [-0.2, -0.15) is 0 Å². The van der Waals surface area contributed by atoms with Gasteiger partial charge in [-0.05, 0) is 379 Å². The van der Waals surface area contributed by atoms with Gasteiger partial charge >= 0.3 is 0 Å². The Balaban J connectivity index is 1.13. The molecule has 0 heterocycles. The maximum atomic E-state index is 7.70. The Morgan fingerprint density at radius 1 is 0.211 bits per heavy atom. The zero-order chi connectivity index (χ0) is 47.5. The molecule has 28 aromatic carbocycles. The van der Waals surface area contributed by atoms with Crippen LogP contribution in [0.2, 0.25) is 38.3 Å². The fourth-order valence-electron chi connectivity index (χ4n) is 26.9. The SMILES string of the molecule is CC(C)O[Si](C)(C)C[C@]12c3c4c5c6c7c8c(c9c%10c1c1c%11c3c3c%12c4c4c6c6c7c7c%13c8c9c8c9c%10c1c1c%10c%11c3c3c%11c%12c4c4c6c6c7c7c%13c8c8c9c1c1c%10c3c3c%11c4c6c4c7c8c1c34)[C@@]52C[Si](C)(C)OC(C)C. The van der Waals surface area contributed by atoms with Crippen LogP contribution in [0.1, 0.15) is 49.9 Å². The third-order valence-corrected chi connectivity index (χ3v) is 31.2. The highest BCUT2D eigenvalue weighted by atomic mass is 28.4. The monoisotopic (exact) mass is 982 g/mol. The lowest BCUT2D eigenvalue weighted by Gasteiger charge is -2.56. The molecule has 2 nitrogen and oxygen atoms in total. The van der Waals surface area contributed by atoms with E-state index < -0.39 is 16.6 Å². The molecular weight excluding hydrogens is 953 g/mol. The van der Waals surface area contributed by atoms with Crippen LogP contribution >= 0.6 is 0 Å². The summed E-state index contributed by atoms with van der Waals surface area (Å²) in [6.45, 7) is 20.0. The molecule has 0 radical (unpaired) electrons. The second-order valence-electron chi connectivity index (χ2n) is 29.8. The maximum absolute atomic E-state index is 7.70. The molecular formula is C72H30O2Si2. The summed E-state index contributed by atoms with van der Waals surface area (Å²) in [5, 5.41) is 90.0. The molecule has 76 heavy (non-hydrogen) atoms. The Labute approximate surface area is 425 Å². The van der Waals surface area contributed by atoms with Crippen molar-refractivity contribution < 1.29 is 8.85 Å². The van der Waals surface area contributed by atoms with E-state index in [9.17, 15) is 0 Å². The standard InChI is InChI=1S/C72H30O2Si2/c1-11(2)73-75(5,6)9-71-67-60-53-41-33-24-15-13-14-16-19(15)28-35(33)43-44-36(28)34-25(16)27-23-18(14)21-20-17(13)22-26(24)39(41)47-45-31(22)29(20)37-38-30(21)32(23)46-48-40(27)42(34)54-56(44)65(64(67)55(43)53)68-61(54)59(48)63-52(46)50(38)57-49(37)51(45)62(58(47)60)69(71)66(57)70(63)72(68,71)10-76(7,8)74-12(3)4/h11-12H,9-10H2,1-8H3/t71-,72+. The topological polar surface area (TPSA) is 18.5 Å². The summed E-state index contributed by atoms with van der Waals surface area (Å²) < 4.78 is 15.4. The maximum Gasteiger partial charge on any atom is 0.188 e. The van der Waals surface area contributed by atoms with Crippen LogP contribution in [0.3, 0.4) is 0 Å². The van der Waals surface area contributed by atoms with E-state index in [4.69, 9.17) is 8.85 Å². The quantitative estimate of drug-likeness (QED) is 0.112. The predicted molar refractivity (Wildman–Crippen MR) is 331 cm³/mol. The van der Waals surface area contributed by atoms with Gasteiger partial charge in [-0.1, -0.05) is 0 Å². The van der Waals surface area contributed by atoms with Gasteiger partial charge in [0.25, 0.3) is 0 Å². The molecule has 4 heteroatoms. The van der Waals surface area contributed by atoms with Crippen LogP contribution in [0.15, 0.2) is 0 Å². The summed E-state index contributed by atoms with van der Waals surface area (Å²) in [6, 6.07) is 2.17. The Bertz CT molecular complexity index is 7050. The molecule has 0 aromatic heterocycles. The molecule has 0 bridgehead atoms. The van der Waals surface area contributed by atoms with Crippen molar-refractivity contribution in [3.05, 3.63) is 22.3 Å². The number of hydrogen-bond acceptors (Lipinski definition) is 2. The fourth-order valence-corrected chi connectivity index (χ4v) is 33.4. The van der Waals surface area contributed by atoms with Gasteiger partial charge in [-0.3, -0.25) is 0 Å². The van der Waals surface area contributed by atoms with Crippen molar-refractivity contribution in [3.63, 3.8) is 0 Å². The van der Waals surface area contributed by atoms with Crippen molar-refractivity contribution in [2.45, 2.75) is 89.0 Å². The van der Waals surface area contributed by atoms with Crippen LogP contribution in [0, 0.1) is 0 Å². The molecule has 338 valence electrons. The van der Waals surface area contributed by atoms with Gasteiger partial charge in [0.05, 0.1) is 0 Å². The first-order valence-electron chi connectivity index (χ1n) is 29.1. The second kappa shape index (κ2) is 7.51. The average molecular weight is 983 g/mol. The van der Waals surface area contributed by atoms with Crippen LogP contribution in [0.25, 0.3) is 291 Å². The average Bonchev–Trinajstić information content (AvgIpc) is 1.55. The van der Waals surface area contributed by atoms with Crippen molar-refractivity contribution in [1.82, 2.24) is 0 Å². The van der Waals surface area contributed by atoms with Crippen molar-refractivity contribution in [1.29, 1.82) is 0 Å². The fraction of sp³-hybridized carbons (Fsp3) is 0.194.